The molecule has 0 saturated carbocycles. The highest BCUT2D eigenvalue weighted by atomic mass is 16.5. The van der Waals surface area contributed by atoms with E-state index in [9.17, 15) is 0 Å². The summed E-state index contributed by atoms with van der Waals surface area (Å²) in [6, 6.07) is 0.380. The van der Waals surface area contributed by atoms with Gasteiger partial charge in [0, 0.05) is 26.4 Å². The van der Waals surface area contributed by atoms with E-state index >= 15 is 0 Å². The molecule has 0 aliphatic heterocycles. The van der Waals surface area contributed by atoms with Gasteiger partial charge in [-0.25, -0.2) is 0 Å². The average molecular weight is 259 g/mol. The van der Waals surface area contributed by atoms with Crippen LogP contribution in [0.1, 0.15) is 48.0 Å². The zero-order valence-electron chi connectivity index (χ0n) is 13.4. The van der Waals surface area contributed by atoms with Crippen LogP contribution in [0.5, 0.6) is 0 Å². The monoisotopic (exact) mass is 259 g/mol. The Kier molecular flexibility index (Phi) is 8.83. The lowest BCUT2D eigenvalue weighted by Crippen LogP contribution is -2.51. The Bertz CT molecular complexity index is 201. The summed E-state index contributed by atoms with van der Waals surface area (Å²) in [4.78, 5) is 0. The molecule has 0 aromatic rings. The van der Waals surface area contributed by atoms with Crippen LogP contribution in [0.25, 0.3) is 0 Å². The molecule has 0 aliphatic carbocycles. The van der Waals surface area contributed by atoms with Gasteiger partial charge in [-0.05, 0) is 31.2 Å². The van der Waals surface area contributed by atoms with Gasteiger partial charge in [-0.2, -0.15) is 0 Å². The predicted molar refractivity (Wildman–Crippen MR) is 78.0 cm³/mol. The van der Waals surface area contributed by atoms with Crippen LogP contribution in [-0.4, -0.2) is 39.0 Å². The SMILES string of the molecule is CCNC(C(C)CCOC)C(OCC)C(C)(C)C. The molecule has 110 valence electrons. The van der Waals surface area contributed by atoms with Crippen molar-refractivity contribution >= 4 is 0 Å². The minimum Gasteiger partial charge on any atom is -0.385 e. The molecule has 3 atom stereocenters. The zero-order chi connectivity index (χ0) is 14.2. The van der Waals surface area contributed by atoms with Crippen molar-refractivity contribution in [3.63, 3.8) is 0 Å². The Morgan fingerprint density at radius 2 is 1.78 bits per heavy atom. The van der Waals surface area contributed by atoms with Gasteiger partial charge in [0.05, 0.1) is 6.10 Å². The van der Waals surface area contributed by atoms with Crippen LogP contribution in [0, 0.1) is 11.3 Å². The molecule has 0 heterocycles. The van der Waals surface area contributed by atoms with Crippen LogP contribution < -0.4 is 5.32 Å². The summed E-state index contributed by atoms with van der Waals surface area (Å²) in [5.41, 5.74) is 0.143. The third-order valence-corrected chi connectivity index (χ3v) is 3.36. The maximum absolute atomic E-state index is 6.02. The Morgan fingerprint density at radius 1 is 1.17 bits per heavy atom. The highest BCUT2D eigenvalue weighted by Gasteiger charge is 2.35. The minimum absolute atomic E-state index is 0.143. The first-order chi connectivity index (χ1) is 8.38. The molecule has 0 spiro atoms. The van der Waals surface area contributed by atoms with E-state index in [-0.39, 0.29) is 11.5 Å². The highest BCUT2D eigenvalue weighted by Crippen LogP contribution is 2.29. The summed E-state index contributed by atoms with van der Waals surface area (Å²) in [6.07, 6.45) is 1.29. The molecule has 1 N–H and O–H groups in total. The van der Waals surface area contributed by atoms with Gasteiger partial charge in [0.2, 0.25) is 0 Å². The summed E-state index contributed by atoms with van der Waals surface area (Å²) >= 11 is 0. The van der Waals surface area contributed by atoms with E-state index in [4.69, 9.17) is 9.47 Å². The average Bonchev–Trinajstić information content (AvgIpc) is 2.29. The van der Waals surface area contributed by atoms with Crippen LogP contribution in [0.3, 0.4) is 0 Å². The second kappa shape index (κ2) is 8.89. The number of rotatable bonds is 9. The van der Waals surface area contributed by atoms with Crippen LogP contribution in [0.15, 0.2) is 0 Å². The highest BCUT2D eigenvalue weighted by molar-refractivity contribution is 4.89. The third-order valence-electron chi connectivity index (χ3n) is 3.36. The molecular weight excluding hydrogens is 226 g/mol. The van der Waals surface area contributed by atoms with E-state index in [1.807, 2.05) is 0 Å². The van der Waals surface area contributed by atoms with Crippen molar-refractivity contribution in [2.24, 2.45) is 11.3 Å². The van der Waals surface area contributed by atoms with E-state index in [1.165, 1.54) is 0 Å². The lowest BCUT2D eigenvalue weighted by Gasteiger charge is -2.40. The molecule has 3 unspecified atom stereocenters. The summed E-state index contributed by atoms with van der Waals surface area (Å²) in [5.74, 6) is 0.542. The number of likely N-dealkylation sites (N-methyl/N-ethyl adjacent to an activating group) is 1. The number of hydrogen-bond acceptors (Lipinski definition) is 3. The molecule has 18 heavy (non-hydrogen) atoms. The van der Waals surface area contributed by atoms with Gasteiger partial charge in [0.15, 0.2) is 0 Å². The minimum atomic E-state index is 0.143. The first-order valence-electron chi connectivity index (χ1n) is 7.22. The molecule has 0 aromatic carbocycles. The van der Waals surface area contributed by atoms with Crippen molar-refractivity contribution in [3.8, 4) is 0 Å². The largest absolute Gasteiger partial charge is 0.385 e. The third kappa shape index (κ3) is 6.17. The number of nitrogens with one attached hydrogen (secondary N) is 1. The fraction of sp³-hybridized carbons (Fsp3) is 1.00. The van der Waals surface area contributed by atoms with Crippen LogP contribution in [-0.2, 0) is 9.47 Å². The molecule has 0 saturated heterocycles. The van der Waals surface area contributed by atoms with Gasteiger partial charge in [-0.3, -0.25) is 0 Å². The Hall–Kier alpha value is -0.120. The van der Waals surface area contributed by atoms with Gasteiger partial charge in [-0.1, -0.05) is 34.6 Å². The quantitative estimate of drug-likeness (QED) is 0.690. The second-order valence-electron chi connectivity index (χ2n) is 6.08. The van der Waals surface area contributed by atoms with Crippen molar-refractivity contribution in [1.82, 2.24) is 5.32 Å². The van der Waals surface area contributed by atoms with E-state index in [0.29, 0.717) is 12.0 Å². The first kappa shape index (κ1) is 17.9. The van der Waals surface area contributed by atoms with Crippen molar-refractivity contribution in [3.05, 3.63) is 0 Å². The van der Waals surface area contributed by atoms with Crippen molar-refractivity contribution in [2.45, 2.75) is 60.1 Å². The summed E-state index contributed by atoms with van der Waals surface area (Å²) < 4.78 is 11.2. The lowest BCUT2D eigenvalue weighted by molar-refractivity contribution is -0.0492. The number of methoxy groups -OCH3 is 1. The molecule has 0 rings (SSSR count). The molecule has 0 bridgehead atoms. The van der Waals surface area contributed by atoms with Gasteiger partial charge in [-0.15, -0.1) is 0 Å². The fourth-order valence-corrected chi connectivity index (χ4v) is 2.40. The summed E-state index contributed by atoms with van der Waals surface area (Å²) in [7, 11) is 1.76. The molecule has 0 aliphatic rings. The van der Waals surface area contributed by atoms with E-state index in [0.717, 1.165) is 26.2 Å². The smallest absolute Gasteiger partial charge is 0.0778 e. The summed E-state index contributed by atoms with van der Waals surface area (Å²) in [6.45, 7) is 15.8. The molecule has 0 fully saturated rings. The Labute approximate surface area is 114 Å². The van der Waals surface area contributed by atoms with Crippen molar-refractivity contribution in [1.29, 1.82) is 0 Å². The van der Waals surface area contributed by atoms with E-state index < -0.39 is 0 Å². The number of hydrogen-bond donors (Lipinski definition) is 1. The molecule has 0 aromatic heterocycles. The zero-order valence-corrected chi connectivity index (χ0v) is 13.4. The number of ether oxygens (including phenoxy) is 2. The lowest BCUT2D eigenvalue weighted by atomic mass is 9.79. The van der Waals surface area contributed by atoms with Crippen molar-refractivity contribution < 1.29 is 9.47 Å². The topological polar surface area (TPSA) is 30.5 Å². The Balaban J connectivity index is 4.78. The maximum atomic E-state index is 6.02. The molecule has 3 nitrogen and oxygen atoms in total. The van der Waals surface area contributed by atoms with Crippen LogP contribution in [0.2, 0.25) is 0 Å². The predicted octanol–water partition coefficient (Wildman–Crippen LogP) is 3.09. The van der Waals surface area contributed by atoms with Crippen molar-refractivity contribution in [2.75, 3.05) is 26.9 Å². The standard InChI is InChI=1S/C15H33NO2/c1-8-16-13(12(3)10-11-17-7)14(18-9-2)15(4,5)6/h12-14,16H,8-11H2,1-7H3. The fourth-order valence-electron chi connectivity index (χ4n) is 2.40. The molecule has 0 radical (unpaired) electrons. The normalized spacial score (nSPS) is 17.5. The van der Waals surface area contributed by atoms with E-state index in [2.05, 4.69) is 46.9 Å². The Morgan fingerprint density at radius 3 is 2.17 bits per heavy atom. The van der Waals surface area contributed by atoms with Gasteiger partial charge < -0.3 is 14.8 Å². The first-order valence-corrected chi connectivity index (χ1v) is 7.22. The van der Waals surface area contributed by atoms with Gasteiger partial charge in [0.1, 0.15) is 0 Å². The molecule has 3 heteroatoms. The summed E-state index contributed by atoms with van der Waals surface area (Å²) in [5, 5.41) is 3.60. The van der Waals surface area contributed by atoms with E-state index in [1.54, 1.807) is 7.11 Å². The second-order valence-corrected chi connectivity index (χ2v) is 6.08. The van der Waals surface area contributed by atoms with Gasteiger partial charge in [0.25, 0.3) is 0 Å². The molecule has 0 amide bonds. The maximum Gasteiger partial charge on any atom is 0.0778 e. The van der Waals surface area contributed by atoms with Crippen LogP contribution in [0.4, 0.5) is 0 Å². The molecular formula is C15H33NO2. The van der Waals surface area contributed by atoms with Gasteiger partial charge >= 0.3 is 0 Å². The van der Waals surface area contributed by atoms with Crippen LogP contribution >= 0.6 is 0 Å².